The molecule has 1 fully saturated rings. The lowest BCUT2D eigenvalue weighted by molar-refractivity contribution is -0.274. The van der Waals surface area contributed by atoms with Crippen LogP contribution in [0.5, 0.6) is 5.75 Å². The lowest BCUT2D eigenvalue weighted by atomic mass is 9.96. The van der Waals surface area contributed by atoms with Crippen LogP contribution in [0.1, 0.15) is 39.2 Å². The fourth-order valence-electron chi connectivity index (χ4n) is 2.63. The third-order valence-corrected chi connectivity index (χ3v) is 3.87. The summed E-state index contributed by atoms with van der Waals surface area (Å²) in [4.78, 5) is 13.7. The van der Waals surface area contributed by atoms with Crippen LogP contribution in [0, 0.1) is 5.92 Å². The second-order valence-electron chi connectivity index (χ2n) is 7.28. The first-order valence-corrected chi connectivity index (χ1v) is 8.54. The van der Waals surface area contributed by atoms with E-state index in [0.717, 1.165) is 18.4 Å². The fourth-order valence-corrected chi connectivity index (χ4v) is 2.63. The molecule has 1 amide bonds. The molecule has 1 heterocycles. The molecule has 26 heavy (non-hydrogen) atoms. The Bertz CT molecular complexity index is 625. The van der Waals surface area contributed by atoms with Gasteiger partial charge in [-0.05, 0) is 57.2 Å². The number of carbonyl (C=O) groups excluding carboxylic acids is 1. The molecular formula is C19H24F3NO3. The molecule has 4 nitrogen and oxygen atoms in total. The molecule has 7 heteroatoms. The van der Waals surface area contributed by atoms with Crippen molar-refractivity contribution in [2.75, 3.05) is 13.1 Å². The van der Waals surface area contributed by atoms with E-state index < -0.39 is 12.0 Å². The number of carbonyl (C=O) groups is 1. The Balaban J connectivity index is 1.82. The van der Waals surface area contributed by atoms with Gasteiger partial charge in [-0.25, -0.2) is 4.79 Å². The Kier molecular flexibility index (Phi) is 6.21. The monoisotopic (exact) mass is 371 g/mol. The van der Waals surface area contributed by atoms with E-state index in [2.05, 4.69) is 4.74 Å². The summed E-state index contributed by atoms with van der Waals surface area (Å²) in [6, 6.07) is 5.73. The van der Waals surface area contributed by atoms with Crippen LogP contribution in [0.25, 0.3) is 6.08 Å². The Morgan fingerprint density at radius 1 is 1.12 bits per heavy atom. The minimum absolute atomic E-state index is 0.236. The van der Waals surface area contributed by atoms with E-state index in [1.165, 1.54) is 12.1 Å². The number of benzene rings is 1. The summed E-state index contributed by atoms with van der Waals surface area (Å²) in [5.74, 6) is 0.0834. The van der Waals surface area contributed by atoms with Gasteiger partial charge in [0.05, 0.1) is 0 Å². The number of ether oxygens (including phenoxy) is 2. The molecule has 1 aromatic carbocycles. The Hall–Kier alpha value is -2.18. The van der Waals surface area contributed by atoms with Gasteiger partial charge in [0, 0.05) is 13.1 Å². The van der Waals surface area contributed by atoms with Gasteiger partial charge in [0.25, 0.3) is 0 Å². The second-order valence-corrected chi connectivity index (χ2v) is 7.28. The Labute approximate surface area is 151 Å². The number of halogens is 3. The molecule has 2 rings (SSSR count). The Morgan fingerprint density at radius 3 is 2.19 bits per heavy atom. The van der Waals surface area contributed by atoms with Gasteiger partial charge >= 0.3 is 12.5 Å². The van der Waals surface area contributed by atoms with Crippen molar-refractivity contribution in [3.63, 3.8) is 0 Å². The number of amides is 1. The van der Waals surface area contributed by atoms with E-state index in [1.54, 1.807) is 17.0 Å². The second kappa shape index (κ2) is 8.01. The van der Waals surface area contributed by atoms with E-state index >= 15 is 0 Å². The summed E-state index contributed by atoms with van der Waals surface area (Å²) in [5.41, 5.74) is 0.296. The van der Waals surface area contributed by atoms with Crippen LogP contribution >= 0.6 is 0 Å². The highest BCUT2D eigenvalue weighted by molar-refractivity contribution is 5.68. The smallest absolute Gasteiger partial charge is 0.444 e. The molecule has 0 saturated carbocycles. The zero-order valence-electron chi connectivity index (χ0n) is 15.2. The predicted molar refractivity (Wildman–Crippen MR) is 92.7 cm³/mol. The maximum Gasteiger partial charge on any atom is 0.573 e. The van der Waals surface area contributed by atoms with Crippen molar-refractivity contribution in [3.05, 3.63) is 35.9 Å². The first kappa shape index (κ1) is 20.1. The molecule has 0 unspecified atom stereocenters. The minimum atomic E-state index is -4.68. The van der Waals surface area contributed by atoms with Crippen molar-refractivity contribution in [2.24, 2.45) is 5.92 Å². The SMILES string of the molecule is CC(C)(C)OC(=O)N1CCC(/C=C/c2ccc(OC(F)(F)F)cc2)CC1. The van der Waals surface area contributed by atoms with Crippen LogP contribution in [-0.4, -0.2) is 36.0 Å². The zero-order chi connectivity index (χ0) is 19.4. The van der Waals surface area contributed by atoms with Crippen molar-refractivity contribution in [1.29, 1.82) is 0 Å². The van der Waals surface area contributed by atoms with Crippen LogP contribution in [0.15, 0.2) is 30.3 Å². The van der Waals surface area contributed by atoms with Gasteiger partial charge in [-0.15, -0.1) is 13.2 Å². The van der Waals surface area contributed by atoms with Crippen LogP contribution < -0.4 is 4.74 Å². The predicted octanol–water partition coefficient (Wildman–Crippen LogP) is 5.25. The number of alkyl halides is 3. The average Bonchev–Trinajstić information content (AvgIpc) is 2.51. The summed E-state index contributed by atoms with van der Waals surface area (Å²) < 4.78 is 45.6. The number of allylic oxidation sites excluding steroid dienone is 1. The topological polar surface area (TPSA) is 38.8 Å². The molecule has 0 radical (unpaired) electrons. The molecule has 0 atom stereocenters. The summed E-state index contributed by atoms with van der Waals surface area (Å²) in [7, 11) is 0. The van der Waals surface area contributed by atoms with Gasteiger partial charge < -0.3 is 14.4 Å². The molecule has 1 aliphatic heterocycles. The minimum Gasteiger partial charge on any atom is -0.444 e. The number of nitrogens with zero attached hydrogens (tertiary/aromatic N) is 1. The number of piperidine rings is 1. The maximum atomic E-state index is 12.1. The van der Waals surface area contributed by atoms with Crippen LogP contribution in [0.3, 0.4) is 0 Å². The summed E-state index contributed by atoms with van der Waals surface area (Å²) in [5, 5.41) is 0. The summed E-state index contributed by atoms with van der Waals surface area (Å²) in [6.07, 6.45) is 0.590. The molecule has 1 aromatic rings. The number of rotatable bonds is 3. The highest BCUT2D eigenvalue weighted by Crippen LogP contribution is 2.24. The third-order valence-electron chi connectivity index (χ3n) is 3.87. The normalized spacial score (nSPS) is 16.8. The standard InChI is InChI=1S/C19H24F3NO3/c1-18(2,3)26-17(24)23-12-10-15(11-13-23)5-4-14-6-8-16(9-7-14)25-19(20,21)22/h4-9,15H,10-13H2,1-3H3/b5-4+. The molecule has 1 saturated heterocycles. The molecule has 0 N–H and O–H groups in total. The molecular weight excluding hydrogens is 347 g/mol. The van der Waals surface area contributed by atoms with E-state index in [4.69, 9.17) is 4.74 Å². The summed E-state index contributed by atoms with van der Waals surface area (Å²) in [6.45, 7) is 6.77. The first-order valence-electron chi connectivity index (χ1n) is 8.54. The van der Waals surface area contributed by atoms with Crippen molar-refractivity contribution >= 4 is 12.2 Å². The molecule has 0 spiro atoms. The lowest BCUT2D eigenvalue weighted by Gasteiger charge is -2.32. The molecule has 0 bridgehead atoms. The zero-order valence-corrected chi connectivity index (χ0v) is 15.2. The largest absolute Gasteiger partial charge is 0.573 e. The molecule has 1 aliphatic rings. The van der Waals surface area contributed by atoms with Gasteiger partial charge in [-0.1, -0.05) is 24.3 Å². The van der Waals surface area contributed by atoms with Crippen molar-refractivity contribution in [2.45, 2.75) is 45.6 Å². The first-order chi connectivity index (χ1) is 12.0. The lowest BCUT2D eigenvalue weighted by Crippen LogP contribution is -2.41. The number of hydrogen-bond acceptors (Lipinski definition) is 3. The van der Waals surface area contributed by atoms with Crippen molar-refractivity contribution < 1.29 is 27.4 Å². The molecule has 0 aromatic heterocycles. The van der Waals surface area contributed by atoms with Gasteiger partial charge in [-0.3, -0.25) is 0 Å². The van der Waals surface area contributed by atoms with Crippen LogP contribution in [0.4, 0.5) is 18.0 Å². The highest BCUT2D eigenvalue weighted by atomic mass is 19.4. The highest BCUT2D eigenvalue weighted by Gasteiger charge is 2.31. The van der Waals surface area contributed by atoms with Crippen molar-refractivity contribution in [3.8, 4) is 5.75 Å². The van der Waals surface area contributed by atoms with E-state index in [-0.39, 0.29) is 11.8 Å². The van der Waals surface area contributed by atoms with Gasteiger partial charge in [0.1, 0.15) is 11.4 Å². The Morgan fingerprint density at radius 2 is 1.69 bits per heavy atom. The third kappa shape index (κ3) is 6.98. The molecule has 0 aliphatic carbocycles. The number of likely N-dealkylation sites (tertiary alicyclic amines) is 1. The van der Waals surface area contributed by atoms with E-state index in [0.29, 0.717) is 19.0 Å². The van der Waals surface area contributed by atoms with Crippen LogP contribution in [0.2, 0.25) is 0 Å². The fraction of sp³-hybridized carbons (Fsp3) is 0.526. The quantitative estimate of drug-likeness (QED) is 0.729. The van der Waals surface area contributed by atoms with Gasteiger partial charge in [0.2, 0.25) is 0 Å². The van der Waals surface area contributed by atoms with E-state index in [1.807, 2.05) is 32.9 Å². The summed E-state index contributed by atoms with van der Waals surface area (Å²) >= 11 is 0. The average molecular weight is 371 g/mol. The number of hydrogen-bond donors (Lipinski definition) is 0. The van der Waals surface area contributed by atoms with Crippen molar-refractivity contribution in [1.82, 2.24) is 4.90 Å². The van der Waals surface area contributed by atoms with Crippen LogP contribution in [-0.2, 0) is 4.74 Å². The van der Waals surface area contributed by atoms with Gasteiger partial charge in [0.15, 0.2) is 0 Å². The molecule has 144 valence electrons. The van der Waals surface area contributed by atoms with Gasteiger partial charge in [-0.2, -0.15) is 0 Å². The maximum absolute atomic E-state index is 12.1. The van der Waals surface area contributed by atoms with E-state index in [9.17, 15) is 18.0 Å².